The summed E-state index contributed by atoms with van der Waals surface area (Å²) in [5.41, 5.74) is 2.11. The Bertz CT molecular complexity index is 1930. The number of carbonyl (C=O) groups excluding carboxylic acids is 2. The largest absolute Gasteiger partial charge is 0.487 e. The van der Waals surface area contributed by atoms with Crippen LogP contribution in [0.25, 0.3) is 11.0 Å². The molecule has 2 N–H and O–H groups in total. The molecule has 0 aliphatic carbocycles. The molecule has 2 amide bonds. The summed E-state index contributed by atoms with van der Waals surface area (Å²) in [7, 11) is 1.71. The molecule has 0 bridgehead atoms. The van der Waals surface area contributed by atoms with Crippen molar-refractivity contribution >= 4 is 86.3 Å². The number of aromatic nitrogens is 2. The minimum atomic E-state index is -2.79. The van der Waals surface area contributed by atoms with Crippen molar-refractivity contribution in [1.82, 2.24) is 14.9 Å². The Balaban J connectivity index is 1.45. The van der Waals surface area contributed by atoms with E-state index in [4.69, 9.17) is 51.1 Å². The number of nitrogens with zero attached hydrogens (tertiary/aromatic N) is 2. The Labute approximate surface area is 278 Å². The molecule has 7 nitrogen and oxygen atoms in total. The number of hydrogen-bond acceptors (Lipinski definition) is 5. The van der Waals surface area contributed by atoms with E-state index in [1.165, 1.54) is 35.6 Å². The van der Waals surface area contributed by atoms with Crippen LogP contribution in [0.15, 0.2) is 53.9 Å². The molecule has 0 fully saturated rings. The third-order valence-corrected chi connectivity index (χ3v) is 9.18. The van der Waals surface area contributed by atoms with Crippen LogP contribution in [0.4, 0.5) is 18.9 Å². The number of amides is 2. The number of nitrogens with one attached hydrogen (secondary N) is 2. The first-order chi connectivity index (χ1) is 21.4. The molecule has 0 aliphatic heterocycles. The number of imidazole rings is 1. The van der Waals surface area contributed by atoms with Crippen LogP contribution in [0.1, 0.15) is 37.0 Å². The molecule has 0 saturated carbocycles. The molecule has 234 valence electrons. The highest BCUT2D eigenvalue weighted by Gasteiger charge is 2.22. The van der Waals surface area contributed by atoms with Crippen molar-refractivity contribution in [2.45, 2.75) is 19.4 Å². The van der Waals surface area contributed by atoms with Crippen molar-refractivity contribution in [2.75, 3.05) is 11.9 Å². The fourth-order valence-electron chi connectivity index (χ4n) is 4.46. The van der Waals surface area contributed by atoms with Crippen molar-refractivity contribution in [3.05, 3.63) is 107 Å². The van der Waals surface area contributed by atoms with E-state index >= 15 is 0 Å². The number of carbonyl (C=O) groups is 2. The van der Waals surface area contributed by atoms with Gasteiger partial charge in [0.05, 0.1) is 31.7 Å². The number of aryl methyl sites for hydroxylation is 1. The minimum Gasteiger partial charge on any atom is -0.487 e. The minimum absolute atomic E-state index is 0.0760. The SMILES string of the molecule is Cn1c(Cc2c(Cl)ccc(CNC(=O)c3sccc3Cl)c2Cl)nc2cc(C(=O)Nc3ccc(F)c(Cl)c3)c(OCC(F)F)cc21. The average Bonchev–Trinajstić information content (AvgIpc) is 3.56. The molecule has 2 heterocycles. The van der Waals surface area contributed by atoms with Crippen LogP contribution in [0.2, 0.25) is 20.1 Å². The van der Waals surface area contributed by atoms with E-state index in [-0.39, 0.29) is 40.9 Å². The van der Waals surface area contributed by atoms with E-state index in [1.807, 2.05) is 0 Å². The summed E-state index contributed by atoms with van der Waals surface area (Å²) in [4.78, 5) is 30.8. The number of halogens is 7. The first-order valence-electron chi connectivity index (χ1n) is 13.1. The maximum atomic E-state index is 13.6. The van der Waals surface area contributed by atoms with Crippen molar-refractivity contribution in [3.8, 4) is 5.75 Å². The molecular formula is C30H21Cl4F3N4O3S. The third kappa shape index (κ3) is 7.34. The number of benzene rings is 3. The fourth-order valence-corrected chi connectivity index (χ4v) is 6.27. The van der Waals surface area contributed by atoms with Crippen LogP contribution in [0, 0.1) is 5.82 Å². The lowest BCUT2D eigenvalue weighted by Gasteiger charge is -2.13. The van der Waals surface area contributed by atoms with Gasteiger partial charge in [-0.2, -0.15) is 0 Å². The van der Waals surface area contributed by atoms with Gasteiger partial charge in [-0.25, -0.2) is 18.2 Å². The van der Waals surface area contributed by atoms with Gasteiger partial charge in [-0.05, 0) is 52.9 Å². The van der Waals surface area contributed by atoms with E-state index in [2.05, 4.69) is 15.6 Å². The van der Waals surface area contributed by atoms with E-state index < -0.39 is 24.8 Å². The summed E-state index contributed by atoms with van der Waals surface area (Å²) in [6.45, 7) is -0.840. The number of fused-ring (bicyclic) bond motifs is 1. The van der Waals surface area contributed by atoms with Crippen molar-refractivity contribution in [3.63, 3.8) is 0 Å². The van der Waals surface area contributed by atoms with E-state index in [0.29, 0.717) is 47.9 Å². The van der Waals surface area contributed by atoms with Crippen LogP contribution in [-0.4, -0.2) is 34.4 Å². The third-order valence-electron chi connectivity index (χ3n) is 6.73. The molecule has 45 heavy (non-hydrogen) atoms. The smallest absolute Gasteiger partial charge is 0.272 e. The van der Waals surface area contributed by atoms with Gasteiger partial charge in [-0.3, -0.25) is 9.59 Å². The highest BCUT2D eigenvalue weighted by molar-refractivity contribution is 7.12. The maximum Gasteiger partial charge on any atom is 0.272 e. The van der Waals surface area contributed by atoms with Crippen LogP contribution in [0.5, 0.6) is 5.75 Å². The van der Waals surface area contributed by atoms with Crippen LogP contribution in [0.3, 0.4) is 0 Å². The Morgan fingerprint density at radius 3 is 2.47 bits per heavy atom. The molecule has 5 rings (SSSR count). The first-order valence-corrected chi connectivity index (χ1v) is 15.5. The van der Waals surface area contributed by atoms with Crippen molar-refractivity contribution in [1.29, 1.82) is 0 Å². The van der Waals surface area contributed by atoms with E-state index in [1.54, 1.807) is 35.2 Å². The zero-order valence-electron chi connectivity index (χ0n) is 23.1. The highest BCUT2D eigenvalue weighted by atomic mass is 35.5. The van der Waals surface area contributed by atoms with Crippen LogP contribution in [-0.2, 0) is 20.0 Å². The van der Waals surface area contributed by atoms with Gasteiger partial charge in [0.15, 0.2) is 0 Å². The van der Waals surface area contributed by atoms with Crippen LogP contribution >= 0.6 is 57.7 Å². The molecule has 0 atom stereocenters. The Morgan fingerprint density at radius 2 is 1.78 bits per heavy atom. The van der Waals surface area contributed by atoms with E-state index in [0.717, 1.165) is 6.07 Å². The monoisotopic (exact) mass is 714 g/mol. The number of rotatable bonds is 10. The Hall–Kier alpha value is -3.48. The molecule has 0 spiro atoms. The second-order valence-corrected chi connectivity index (χ2v) is 12.2. The maximum absolute atomic E-state index is 13.6. The van der Waals surface area contributed by atoms with Gasteiger partial charge in [0.25, 0.3) is 18.2 Å². The molecule has 5 aromatic rings. The van der Waals surface area contributed by atoms with Gasteiger partial charge in [0.2, 0.25) is 0 Å². The number of hydrogen-bond donors (Lipinski definition) is 2. The highest BCUT2D eigenvalue weighted by Crippen LogP contribution is 2.33. The predicted molar refractivity (Wildman–Crippen MR) is 171 cm³/mol. The van der Waals surface area contributed by atoms with Gasteiger partial charge in [0.1, 0.15) is 28.9 Å². The number of anilines is 1. The summed E-state index contributed by atoms with van der Waals surface area (Å²) in [5.74, 6) is -1.34. The topological polar surface area (TPSA) is 85.2 Å². The lowest BCUT2D eigenvalue weighted by molar-refractivity contribution is 0.0804. The molecule has 2 aromatic heterocycles. The zero-order chi connectivity index (χ0) is 32.4. The average molecular weight is 716 g/mol. The quantitative estimate of drug-likeness (QED) is 0.151. The molecule has 0 aliphatic rings. The predicted octanol–water partition coefficient (Wildman–Crippen LogP) is 8.80. The fraction of sp³-hybridized carbons (Fsp3) is 0.167. The number of ether oxygens (including phenoxy) is 1. The van der Waals surface area contributed by atoms with E-state index in [9.17, 15) is 22.8 Å². The van der Waals surface area contributed by atoms with Gasteiger partial charge in [-0.1, -0.05) is 52.5 Å². The summed E-state index contributed by atoms with van der Waals surface area (Å²) >= 11 is 26.4. The first kappa shape index (κ1) is 32.9. The molecule has 15 heteroatoms. The lowest BCUT2D eigenvalue weighted by atomic mass is 10.1. The van der Waals surface area contributed by atoms with Gasteiger partial charge < -0.3 is 19.9 Å². The second kappa shape index (κ2) is 13.9. The number of alkyl halides is 2. The Morgan fingerprint density at radius 1 is 1.00 bits per heavy atom. The summed E-state index contributed by atoms with van der Waals surface area (Å²) < 4.78 is 46.7. The molecule has 0 radical (unpaired) electrons. The summed E-state index contributed by atoms with van der Waals surface area (Å²) in [6.07, 6.45) is -2.64. The summed E-state index contributed by atoms with van der Waals surface area (Å²) in [6, 6.07) is 11.4. The lowest BCUT2D eigenvalue weighted by Crippen LogP contribution is -2.22. The van der Waals surface area contributed by atoms with Gasteiger partial charge >= 0.3 is 0 Å². The standard InChI is InChI=1S/C30H21Cl4F3N4O3S/c1-41-23-11-24(44-13-25(36)37)17(29(42)39-15-3-5-21(35)20(33)8-15)9-22(23)40-26(41)10-16-18(31)4-2-14(27(16)34)12-38-30(43)28-19(32)6-7-45-28/h2-9,11,25H,10,12-13H2,1H3,(H,38,43)(H,39,42). The van der Waals surface area contributed by atoms with Crippen LogP contribution < -0.4 is 15.4 Å². The zero-order valence-corrected chi connectivity index (χ0v) is 26.9. The van der Waals surface area contributed by atoms with Crippen molar-refractivity contribution < 1.29 is 27.5 Å². The Kier molecular flexibility index (Phi) is 10.1. The van der Waals surface area contributed by atoms with Gasteiger partial charge in [-0.15, -0.1) is 11.3 Å². The number of thiophene rings is 1. The van der Waals surface area contributed by atoms with Crippen molar-refractivity contribution in [2.24, 2.45) is 7.05 Å². The second-order valence-electron chi connectivity index (χ2n) is 9.67. The molecule has 0 unspecified atom stereocenters. The van der Waals surface area contributed by atoms with Gasteiger partial charge in [0, 0.05) is 36.8 Å². The molecule has 3 aromatic carbocycles. The summed E-state index contributed by atoms with van der Waals surface area (Å²) in [5, 5.41) is 7.92. The molecule has 0 saturated heterocycles. The normalized spacial score (nSPS) is 11.3. The molecular weight excluding hydrogens is 695 g/mol.